The van der Waals surface area contributed by atoms with Crippen LogP contribution in [0.4, 0.5) is 0 Å². The van der Waals surface area contributed by atoms with Gasteiger partial charge in [-0.3, -0.25) is 0 Å². The number of benzene rings is 3. The first kappa shape index (κ1) is 24.9. The van der Waals surface area contributed by atoms with Crippen molar-refractivity contribution in [3.63, 3.8) is 0 Å². The van der Waals surface area contributed by atoms with Gasteiger partial charge in [0.1, 0.15) is 10.7 Å². The van der Waals surface area contributed by atoms with Crippen molar-refractivity contribution >= 4 is 57.7 Å². The van der Waals surface area contributed by atoms with Gasteiger partial charge >= 0.3 is 0 Å². The third-order valence-electron chi connectivity index (χ3n) is 7.02. The smallest absolute Gasteiger partial charge is 0.168 e. The van der Waals surface area contributed by atoms with E-state index < -0.39 is 0 Å². The summed E-state index contributed by atoms with van der Waals surface area (Å²) in [5, 5.41) is 18.5. The Morgan fingerprint density at radius 3 is 2.08 bits per heavy atom. The molecule has 1 aliphatic carbocycles. The maximum atomic E-state index is 6.62. The Kier molecular flexibility index (Phi) is 6.54. The highest BCUT2D eigenvalue weighted by Crippen LogP contribution is 2.51. The lowest BCUT2D eigenvalue weighted by Crippen LogP contribution is -2.35. The van der Waals surface area contributed by atoms with Gasteiger partial charge in [0.05, 0.1) is 16.4 Å². The van der Waals surface area contributed by atoms with Crippen LogP contribution in [0, 0.1) is 6.92 Å². The second-order valence-corrected chi connectivity index (χ2v) is 11.9. The highest BCUT2D eigenvalue weighted by molar-refractivity contribution is 7.14. The molecule has 0 bridgehead atoms. The molecule has 186 valence electrons. The van der Waals surface area contributed by atoms with Gasteiger partial charge in [0, 0.05) is 31.6 Å². The number of halogens is 4. The van der Waals surface area contributed by atoms with Crippen LogP contribution in [0.15, 0.2) is 66.7 Å². The third kappa shape index (κ3) is 4.37. The standard InChI is InChI=1S/C28H20Cl4N4S/c1-16-24(26-33-34-27(37-26)28(13-2-14-28)18-5-9-20(30)10-6-18)35-36(23-12-11-21(31)15-22(23)32)25(16)17-3-7-19(29)8-4-17/h3-12,15H,2,13-14H2,1H3. The van der Waals surface area contributed by atoms with E-state index in [9.17, 15) is 0 Å². The molecule has 9 heteroatoms. The predicted octanol–water partition coefficient (Wildman–Crippen LogP) is 9.45. The number of nitrogens with zero attached hydrogens (tertiary/aromatic N) is 4. The molecule has 0 saturated heterocycles. The second-order valence-electron chi connectivity index (χ2n) is 9.19. The Labute approximate surface area is 238 Å². The summed E-state index contributed by atoms with van der Waals surface area (Å²) in [6.45, 7) is 2.05. The Bertz CT molecular complexity index is 1600. The molecule has 0 spiro atoms. The largest absolute Gasteiger partial charge is 0.231 e. The zero-order chi connectivity index (χ0) is 25.7. The highest BCUT2D eigenvalue weighted by Gasteiger charge is 2.43. The monoisotopic (exact) mass is 584 g/mol. The van der Waals surface area contributed by atoms with E-state index in [0.717, 1.165) is 62.5 Å². The van der Waals surface area contributed by atoms with Crippen LogP contribution in [-0.2, 0) is 5.41 Å². The molecule has 0 amide bonds. The molecule has 0 atom stereocenters. The molecule has 2 heterocycles. The fourth-order valence-electron chi connectivity index (χ4n) is 4.91. The molecule has 6 rings (SSSR count). The van der Waals surface area contributed by atoms with Crippen molar-refractivity contribution in [1.82, 2.24) is 20.0 Å². The first-order valence-corrected chi connectivity index (χ1v) is 14.1. The van der Waals surface area contributed by atoms with Crippen molar-refractivity contribution in [1.29, 1.82) is 0 Å². The van der Waals surface area contributed by atoms with Gasteiger partial charge in [-0.15, -0.1) is 10.2 Å². The van der Waals surface area contributed by atoms with E-state index >= 15 is 0 Å². The zero-order valence-corrected chi connectivity index (χ0v) is 23.5. The molecule has 0 N–H and O–H groups in total. The normalized spacial score (nSPS) is 14.5. The van der Waals surface area contributed by atoms with Gasteiger partial charge in [0.25, 0.3) is 0 Å². The summed E-state index contributed by atoms with van der Waals surface area (Å²) in [7, 11) is 0. The third-order valence-corrected chi connectivity index (χ3v) is 9.19. The van der Waals surface area contributed by atoms with Crippen LogP contribution in [0.1, 0.15) is 35.4 Å². The minimum atomic E-state index is -0.129. The van der Waals surface area contributed by atoms with Crippen LogP contribution in [0.2, 0.25) is 20.1 Å². The minimum Gasteiger partial charge on any atom is -0.231 e. The summed E-state index contributed by atoms with van der Waals surface area (Å²) in [6, 6.07) is 21.2. The number of hydrogen-bond acceptors (Lipinski definition) is 4. The Morgan fingerprint density at radius 1 is 0.811 bits per heavy atom. The Balaban J connectivity index is 1.49. The van der Waals surface area contributed by atoms with Crippen LogP contribution >= 0.6 is 57.7 Å². The van der Waals surface area contributed by atoms with Crippen LogP contribution in [0.3, 0.4) is 0 Å². The van der Waals surface area contributed by atoms with Crippen LogP contribution in [0.25, 0.3) is 27.6 Å². The van der Waals surface area contributed by atoms with Crippen molar-refractivity contribution < 1.29 is 0 Å². The summed E-state index contributed by atoms with van der Waals surface area (Å²) in [5.41, 5.74) is 5.44. The summed E-state index contributed by atoms with van der Waals surface area (Å²) in [6.07, 6.45) is 3.22. The maximum Gasteiger partial charge on any atom is 0.168 e. The fourth-order valence-corrected chi connectivity index (χ4v) is 6.81. The van der Waals surface area contributed by atoms with Crippen molar-refractivity contribution in [2.24, 2.45) is 0 Å². The number of aromatic nitrogens is 4. The van der Waals surface area contributed by atoms with E-state index in [1.807, 2.05) is 54.1 Å². The molecular formula is C28H20Cl4N4S. The summed E-state index contributed by atoms with van der Waals surface area (Å²) in [5.74, 6) is 0. The summed E-state index contributed by atoms with van der Waals surface area (Å²) >= 11 is 26.7. The lowest BCUT2D eigenvalue weighted by Gasteiger charge is -2.40. The fraction of sp³-hybridized carbons (Fsp3) is 0.179. The second kappa shape index (κ2) is 9.72. The first-order chi connectivity index (χ1) is 17.9. The molecule has 5 aromatic rings. The molecule has 37 heavy (non-hydrogen) atoms. The minimum absolute atomic E-state index is 0.129. The van der Waals surface area contributed by atoms with Gasteiger partial charge in [-0.05, 0) is 67.8 Å². The van der Waals surface area contributed by atoms with Gasteiger partial charge in [-0.1, -0.05) is 88.4 Å². The molecule has 3 aromatic carbocycles. The number of hydrogen-bond donors (Lipinski definition) is 0. The maximum absolute atomic E-state index is 6.62. The van der Waals surface area contributed by atoms with E-state index in [1.54, 1.807) is 23.5 Å². The summed E-state index contributed by atoms with van der Waals surface area (Å²) < 4.78 is 1.85. The lowest BCUT2D eigenvalue weighted by molar-refractivity contribution is 0.299. The average Bonchev–Trinajstić information content (AvgIpc) is 3.45. The molecule has 1 aliphatic rings. The molecule has 0 unspecified atom stereocenters. The van der Waals surface area contributed by atoms with E-state index in [4.69, 9.17) is 51.5 Å². The van der Waals surface area contributed by atoms with E-state index in [2.05, 4.69) is 22.3 Å². The SMILES string of the molecule is Cc1c(-c2nnc(C3(c4ccc(Cl)cc4)CCC3)s2)nn(-c2ccc(Cl)cc2Cl)c1-c1ccc(Cl)cc1. The molecule has 2 aromatic heterocycles. The molecule has 0 aliphatic heterocycles. The summed E-state index contributed by atoms with van der Waals surface area (Å²) in [4.78, 5) is 0. The predicted molar refractivity (Wildman–Crippen MR) is 154 cm³/mol. The van der Waals surface area contributed by atoms with Crippen LogP contribution in [-0.4, -0.2) is 20.0 Å². The first-order valence-electron chi connectivity index (χ1n) is 11.8. The van der Waals surface area contributed by atoms with E-state index in [1.165, 1.54) is 5.56 Å². The molecule has 0 radical (unpaired) electrons. The topological polar surface area (TPSA) is 43.6 Å². The van der Waals surface area contributed by atoms with Crippen LogP contribution in [0.5, 0.6) is 0 Å². The van der Waals surface area contributed by atoms with Crippen molar-refractivity contribution in [2.75, 3.05) is 0 Å². The quantitative estimate of drug-likeness (QED) is 0.206. The van der Waals surface area contributed by atoms with Crippen molar-refractivity contribution in [3.05, 3.63) is 103 Å². The zero-order valence-electron chi connectivity index (χ0n) is 19.7. The van der Waals surface area contributed by atoms with Gasteiger partial charge in [-0.25, -0.2) is 4.68 Å². The highest BCUT2D eigenvalue weighted by atomic mass is 35.5. The Hall–Kier alpha value is -2.41. The molecule has 1 saturated carbocycles. The molecule has 1 fully saturated rings. The van der Waals surface area contributed by atoms with Crippen molar-refractivity contribution in [2.45, 2.75) is 31.6 Å². The van der Waals surface area contributed by atoms with Gasteiger partial charge < -0.3 is 0 Å². The lowest BCUT2D eigenvalue weighted by atomic mass is 9.65. The van der Waals surface area contributed by atoms with Crippen molar-refractivity contribution in [3.8, 4) is 27.6 Å². The Morgan fingerprint density at radius 2 is 1.46 bits per heavy atom. The van der Waals surface area contributed by atoms with E-state index in [0.29, 0.717) is 15.1 Å². The van der Waals surface area contributed by atoms with Gasteiger partial charge in [-0.2, -0.15) is 5.10 Å². The number of rotatable bonds is 5. The van der Waals surface area contributed by atoms with Crippen LogP contribution < -0.4 is 0 Å². The van der Waals surface area contributed by atoms with Gasteiger partial charge in [0.15, 0.2) is 5.01 Å². The van der Waals surface area contributed by atoms with E-state index in [-0.39, 0.29) is 5.41 Å². The van der Waals surface area contributed by atoms with Gasteiger partial charge in [0.2, 0.25) is 0 Å². The molecule has 4 nitrogen and oxygen atoms in total. The molecular weight excluding hydrogens is 566 g/mol. The average molecular weight is 586 g/mol.